The molecular formula is C11H18N4O. The summed E-state index contributed by atoms with van der Waals surface area (Å²) in [5.74, 6) is 0.593. The maximum atomic E-state index is 11.9. The maximum absolute atomic E-state index is 11.9. The normalized spacial score (nSPS) is 15.1. The fraction of sp³-hybridized carbons (Fsp3) is 0.636. The Labute approximate surface area is 95.2 Å². The van der Waals surface area contributed by atoms with Crippen molar-refractivity contribution in [2.75, 3.05) is 27.2 Å². The third-order valence-corrected chi connectivity index (χ3v) is 2.88. The number of hydrogen-bond acceptors (Lipinski definition) is 3. The van der Waals surface area contributed by atoms with Gasteiger partial charge in [0.25, 0.3) is 5.91 Å². The highest BCUT2D eigenvalue weighted by Crippen LogP contribution is 2.39. The predicted molar refractivity (Wildman–Crippen MR) is 61.4 cm³/mol. The number of aromatic nitrogens is 2. The number of likely N-dealkylation sites (N-methyl/N-ethyl adjacent to an activating group) is 2. The Balaban J connectivity index is 1.96. The molecular weight excluding hydrogens is 204 g/mol. The van der Waals surface area contributed by atoms with Crippen LogP contribution in [0.15, 0.2) is 6.07 Å². The number of carbonyl (C=O) groups is 1. The van der Waals surface area contributed by atoms with Gasteiger partial charge in [-0.2, -0.15) is 5.10 Å². The Morgan fingerprint density at radius 2 is 2.44 bits per heavy atom. The van der Waals surface area contributed by atoms with Gasteiger partial charge in [-0.3, -0.25) is 9.89 Å². The monoisotopic (exact) mass is 222 g/mol. The lowest BCUT2D eigenvalue weighted by molar-refractivity contribution is 0.0791. The highest BCUT2D eigenvalue weighted by molar-refractivity contribution is 5.92. The van der Waals surface area contributed by atoms with E-state index in [4.69, 9.17) is 0 Å². The van der Waals surface area contributed by atoms with Crippen LogP contribution in [-0.4, -0.2) is 48.2 Å². The smallest absolute Gasteiger partial charge is 0.274 e. The molecule has 0 saturated heterocycles. The summed E-state index contributed by atoms with van der Waals surface area (Å²) in [5.41, 5.74) is 1.63. The van der Waals surface area contributed by atoms with Crippen molar-refractivity contribution in [1.82, 2.24) is 20.4 Å². The minimum absolute atomic E-state index is 0.0154. The summed E-state index contributed by atoms with van der Waals surface area (Å²) in [7, 11) is 3.67. The molecule has 88 valence electrons. The molecule has 0 bridgehead atoms. The molecule has 5 heteroatoms. The van der Waals surface area contributed by atoms with E-state index >= 15 is 0 Å². The van der Waals surface area contributed by atoms with Gasteiger partial charge in [0.15, 0.2) is 0 Å². The Morgan fingerprint density at radius 1 is 1.69 bits per heavy atom. The molecule has 2 N–H and O–H groups in total. The SMILES string of the molecule is CNCCN(C)C(=O)c1cc(C2CC2)[nH]n1. The van der Waals surface area contributed by atoms with Crippen molar-refractivity contribution >= 4 is 5.91 Å². The van der Waals surface area contributed by atoms with Gasteiger partial charge in [0, 0.05) is 31.7 Å². The van der Waals surface area contributed by atoms with Crippen molar-refractivity contribution in [3.8, 4) is 0 Å². The van der Waals surface area contributed by atoms with Crippen molar-refractivity contribution in [3.05, 3.63) is 17.5 Å². The molecule has 0 spiro atoms. The molecule has 16 heavy (non-hydrogen) atoms. The quantitative estimate of drug-likeness (QED) is 0.766. The highest BCUT2D eigenvalue weighted by Gasteiger charge is 2.26. The van der Waals surface area contributed by atoms with Crippen molar-refractivity contribution in [3.63, 3.8) is 0 Å². The van der Waals surface area contributed by atoms with Crippen LogP contribution >= 0.6 is 0 Å². The van der Waals surface area contributed by atoms with Gasteiger partial charge >= 0.3 is 0 Å². The van der Waals surface area contributed by atoms with Crippen molar-refractivity contribution in [2.24, 2.45) is 0 Å². The number of amides is 1. The first kappa shape index (κ1) is 11.1. The topological polar surface area (TPSA) is 61.0 Å². The lowest BCUT2D eigenvalue weighted by Crippen LogP contribution is -2.32. The molecule has 0 unspecified atom stereocenters. The van der Waals surface area contributed by atoms with Crippen molar-refractivity contribution in [2.45, 2.75) is 18.8 Å². The van der Waals surface area contributed by atoms with Crippen LogP contribution in [0.2, 0.25) is 0 Å². The van der Waals surface area contributed by atoms with Crippen molar-refractivity contribution in [1.29, 1.82) is 0 Å². The standard InChI is InChI=1S/C11H18N4O/c1-12-5-6-15(2)11(16)10-7-9(13-14-10)8-3-4-8/h7-8,12H,3-6H2,1-2H3,(H,13,14). The van der Waals surface area contributed by atoms with Gasteiger partial charge < -0.3 is 10.2 Å². The third-order valence-electron chi connectivity index (χ3n) is 2.88. The van der Waals surface area contributed by atoms with Crippen molar-refractivity contribution < 1.29 is 4.79 Å². The summed E-state index contributed by atoms with van der Waals surface area (Å²) < 4.78 is 0. The molecule has 1 fully saturated rings. The predicted octanol–water partition coefficient (Wildman–Crippen LogP) is 0.578. The number of H-pyrrole nitrogens is 1. The number of nitrogens with one attached hydrogen (secondary N) is 2. The molecule has 0 atom stereocenters. The molecule has 1 aromatic heterocycles. The van der Waals surface area contributed by atoms with Crippen LogP contribution in [-0.2, 0) is 0 Å². The minimum Gasteiger partial charge on any atom is -0.339 e. The fourth-order valence-electron chi connectivity index (χ4n) is 1.63. The molecule has 1 saturated carbocycles. The maximum Gasteiger partial charge on any atom is 0.274 e. The zero-order valence-electron chi connectivity index (χ0n) is 9.79. The second-order valence-electron chi connectivity index (χ2n) is 4.31. The summed E-state index contributed by atoms with van der Waals surface area (Å²) in [6.45, 7) is 1.49. The van der Waals surface area contributed by atoms with Gasteiger partial charge in [0.1, 0.15) is 5.69 Å². The Morgan fingerprint density at radius 3 is 3.06 bits per heavy atom. The van der Waals surface area contributed by atoms with Gasteiger partial charge in [-0.1, -0.05) is 0 Å². The minimum atomic E-state index is -0.0154. The fourth-order valence-corrected chi connectivity index (χ4v) is 1.63. The molecule has 1 heterocycles. The molecule has 1 aliphatic carbocycles. The van der Waals surface area contributed by atoms with E-state index in [2.05, 4.69) is 15.5 Å². The first-order chi connectivity index (χ1) is 7.72. The molecule has 0 aromatic carbocycles. The molecule has 0 aliphatic heterocycles. The van der Waals surface area contributed by atoms with Gasteiger partial charge in [-0.15, -0.1) is 0 Å². The summed E-state index contributed by atoms with van der Waals surface area (Å²) in [5, 5.41) is 10.0. The van der Waals surface area contributed by atoms with E-state index in [0.717, 1.165) is 12.2 Å². The van der Waals surface area contributed by atoms with Crippen LogP contribution in [0.1, 0.15) is 34.9 Å². The molecule has 0 radical (unpaired) electrons. The van der Waals surface area contributed by atoms with E-state index in [1.165, 1.54) is 12.8 Å². The molecule has 1 aromatic rings. The average Bonchev–Trinajstić information content (AvgIpc) is 3.03. The zero-order chi connectivity index (χ0) is 11.5. The molecule has 1 aliphatic rings. The van der Waals surface area contributed by atoms with Crippen LogP contribution in [0.3, 0.4) is 0 Å². The second-order valence-corrected chi connectivity index (χ2v) is 4.31. The van der Waals surface area contributed by atoms with E-state index < -0.39 is 0 Å². The van der Waals surface area contributed by atoms with Crippen LogP contribution in [0, 0.1) is 0 Å². The highest BCUT2D eigenvalue weighted by atomic mass is 16.2. The van der Waals surface area contributed by atoms with E-state index in [-0.39, 0.29) is 5.91 Å². The van der Waals surface area contributed by atoms with Gasteiger partial charge in [0.05, 0.1) is 0 Å². The van der Waals surface area contributed by atoms with Crippen LogP contribution in [0.25, 0.3) is 0 Å². The van der Waals surface area contributed by atoms with Gasteiger partial charge in [-0.25, -0.2) is 0 Å². The van der Waals surface area contributed by atoms with Crippen LogP contribution < -0.4 is 5.32 Å². The van der Waals surface area contributed by atoms with Gasteiger partial charge in [-0.05, 0) is 26.0 Å². The summed E-state index contributed by atoms with van der Waals surface area (Å²) in [4.78, 5) is 13.6. The van der Waals surface area contributed by atoms with Crippen LogP contribution in [0.4, 0.5) is 0 Å². The lowest BCUT2D eigenvalue weighted by Gasteiger charge is -2.14. The summed E-state index contributed by atoms with van der Waals surface area (Å²) >= 11 is 0. The lowest BCUT2D eigenvalue weighted by atomic mass is 10.2. The van der Waals surface area contributed by atoms with E-state index in [9.17, 15) is 4.79 Å². The van der Waals surface area contributed by atoms with E-state index in [1.54, 1.807) is 11.9 Å². The molecule has 1 amide bonds. The average molecular weight is 222 g/mol. The molecule has 5 nitrogen and oxygen atoms in total. The Bertz CT molecular complexity index is 370. The first-order valence-corrected chi connectivity index (χ1v) is 5.67. The summed E-state index contributed by atoms with van der Waals surface area (Å²) in [6, 6.07) is 1.88. The number of carbonyl (C=O) groups excluding carboxylic acids is 1. The van der Waals surface area contributed by atoms with Crippen LogP contribution in [0.5, 0.6) is 0 Å². The van der Waals surface area contributed by atoms with E-state index in [1.807, 2.05) is 13.1 Å². The number of aromatic amines is 1. The largest absolute Gasteiger partial charge is 0.339 e. The Kier molecular flexibility index (Phi) is 3.24. The number of hydrogen-bond donors (Lipinski definition) is 2. The first-order valence-electron chi connectivity index (χ1n) is 5.67. The Hall–Kier alpha value is -1.36. The summed E-state index contributed by atoms with van der Waals surface area (Å²) in [6.07, 6.45) is 2.43. The second kappa shape index (κ2) is 4.65. The van der Waals surface area contributed by atoms with Gasteiger partial charge in [0.2, 0.25) is 0 Å². The third kappa shape index (κ3) is 2.41. The number of rotatable bonds is 5. The zero-order valence-corrected chi connectivity index (χ0v) is 9.79. The van der Waals surface area contributed by atoms with E-state index in [0.29, 0.717) is 18.2 Å². The molecule has 2 rings (SSSR count). The number of nitrogens with zero attached hydrogens (tertiary/aromatic N) is 2.